The number of carboxylic acids is 1. The van der Waals surface area contributed by atoms with Crippen LogP contribution in [0.15, 0.2) is 6.20 Å². The van der Waals surface area contributed by atoms with Gasteiger partial charge in [0.05, 0.1) is 12.7 Å². The van der Waals surface area contributed by atoms with Gasteiger partial charge in [0.2, 0.25) is 0 Å². The Labute approximate surface area is 113 Å². The zero-order valence-electron chi connectivity index (χ0n) is 11.2. The second-order valence-electron chi connectivity index (χ2n) is 5.21. The van der Waals surface area contributed by atoms with E-state index in [0.717, 1.165) is 19.0 Å². The number of carbonyl (C=O) groups is 1. The molecule has 1 aliphatic carbocycles. The molecule has 0 bridgehead atoms. The van der Waals surface area contributed by atoms with Crippen LogP contribution in [0, 0.1) is 5.92 Å². The molecule has 0 unspecified atom stereocenters. The second kappa shape index (κ2) is 7.23. The lowest BCUT2D eigenvalue weighted by Crippen LogP contribution is -2.23. The average Bonchev–Trinajstić information content (AvgIpc) is 2.89. The van der Waals surface area contributed by atoms with Crippen molar-refractivity contribution in [1.29, 1.82) is 0 Å². The molecule has 1 saturated carbocycles. The fourth-order valence-corrected chi connectivity index (χ4v) is 2.61. The average molecular weight is 266 g/mol. The third-order valence-corrected chi connectivity index (χ3v) is 3.73. The van der Waals surface area contributed by atoms with Gasteiger partial charge < -0.3 is 10.4 Å². The topological polar surface area (TPSA) is 80.0 Å². The molecule has 106 valence electrons. The molecule has 1 aliphatic rings. The molecule has 0 atom stereocenters. The lowest BCUT2D eigenvalue weighted by atomic mass is 9.87. The summed E-state index contributed by atoms with van der Waals surface area (Å²) in [6.07, 6.45) is 9.66. The Morgan fingerprint density at radius 2 is 2.16 bits per heavy atom. The van der Waals surface area contributed by atoms with Gasteiger partial charge >= 0.3 is 5.97 Å². The van der Waals surface area contributed by atoms with Gasteiger partial charge in [-0.3, -0.25) is 4.68 Å². The van der Waals surface area contributed by atoms with Crippen LogP contribution in [0.1, 0.15) is 49.0 Å². The Balaban J connectivity index is 1.57. The normalized spacial score (nSPS) is 16.6. The summed E-state index contributed by atoms with van der Waals surface area (Å²) < 4.78 is 1.57. The predicted molar refractivity (Wildman–Crippen MR) is 71.0 cm³/mol. The quantitative estimate of drug-likeness (QED) is 0.732. The molecular weight excluding hydrogens is 244 g/mol. The second-order valence-corrected chi connectivity index (χ2v) is 5.21. The van der Waals surface area contributed by atoms with E-state index in [0.29, 0.717) is 6.54 Å². The molecule has 0 spiro atoms. The van der Waals surface area contributed by atoms with Crippen LogP contribution in [0.2, 0.25) is 0 Å². The molecule has 1 aromatic heterocycles. The maximum atomic E-state index is 10.6. The van der Waals surface area contributed by atoms with Crippen molar-refractivity contribution in [2.24, 2.45) is 5.92 Å². The first-order valence-electron chi connectivity index (χ1n) is 7.10. The van der Waals surface area contributed by atoms with Gasteiger partial charge in [-0.2, -0.15) is 0 Å². The van der Waals surface area contributed by atoms with Crippen LogP contribution < -0.4 is 5.32 Å². The minimum atomic E-state index is -1.03. The highest BCUT2D eigenvalue weighted by Crippen LogP contribution is 2.25. The summed E-state index contributed by atoms with van der Waals surface area (Å²) >= 11 is 0. The first-order chi connectivity index (χ1) is 9.25. The summed E-state index contributed by atoms with van der Waals surface area (Å²) in [6.45, 7) is 2.49. The number of aromatic nitrogens is 3. The predicted octanol–water partition coefficient (Wildman–Crippen LogP) is 1.54. The number of hydrogen-bond donors (Lipinski definition) is 2. The van der Waals surface area contributed by atoms with Gasteiger partial charge in [-0.15, -0.1) is 5.10 Å². The Morgan fingerprint density at radius 3 is 2.84 bits per heavy atom. The van der Waals surface area contributed by atoms with E-state index in [-0.39, 0.29) is 5.69 Å². The molecule has 1 heterocycles. The number of rotatable bonds is 7. The highest BCUT2D eigenvalue weighted by Gasteiger charge is 2.12. The van der Waals surface area contributed by atoms with Crippen molar-refractivity contribution in [1.82, 2.24) is 20.3 Å². The Morgan fingerprint density at radius 1 is 1.37 bits per heavy atom. The Hall–Kier alpha value is -1.43. The summed E-state index contributed by atoms with van der Waals surface area (Å²) in [4.78, 5) is 10.6. The van der Waals surface area contributed by atoms with Crippen LogP contribution in [-0.4, -0.2) is 39.2 Å². The first kappa shape index (κ1) is 14.0. The standard InChI is InChI=1S/C13H22N4O2/c18-13(19)12-10-17(16-15-12)9-8-14-7-6-11-4-2-1-3-5-11/h10-11,14H,1-9H2,(H,18,19). The van der Waals surface area contributed by atoms with Gasteiger partial charge in [0.15, 0.2) is 5.69 Å². The maximum Gasteiger partial charge on any atom is 0.358 e. The largest absolute Gasteiger partial charge is 0.476 e. The lowest BCUT2D eigenvalue weighted by molar-refractivity contribution is 0.0690. The highest BCUT2D eigenvalue weighted by atomic mass is 16.4. The number of carboxylic acid groups (broad SMARTS) is 1. The SMILES string of the molecule is O=C(O)c1cn(CCNCCC2CCCCC2)nn1. The Bertz CT molecular complexity index is 399. The van der Waals surface area contributed by atoms with Crippen molar-refractivity contribution < 1.29 is 9.90 Å². The lowest BCUT2D eigenvalue weighted by Gasteiger charge is -2.21. The first-order valence-corrected chi connectivity index (χ1v) is 7.10. The van der Waals surface area contributed by atoms with Crippen LogP contribution in [0.5, 0.6) is 0 Å². The minimum Gasteiger partial charge on any atom is -0.476 e. The smallest absolute Gasteiger partial charge is 0.358 e. The van der Waals surface area contributed by atoms with Gasteiger partial charge in [0.1, 0.15) is 0 Å². The molecule has 19 heavy (non-hydrogen) atoms. The summed E-state index contributed by atoms with van der Waals surface area (Å²) in [7, 11) is 0. The van der Waals surface area contributed by atoms with Crippen LogP contribution in [0.4, 0.5) is 0 Å². The van der Waals surface area contributed by atoms with E-state index in [1.165, 1.54) is 44.7 Å². The summed E-state index contributed by atoms with van der Waals surface area (Å²) in [6, 6.07) is 0. The summed E-state index contributed by atoms with van der Waals surface area (Å²) in [5.74, 6) is -0.136. The van der Waals surface area contributed by atoms with Crippen LogP contribution in [0.25, 0.3) is 0 Å². The molecule has 1 fully saturated rings. The van der Waals surface area contributed by atoms with Crippen LogP contribution >= 0.6 is 0 Å². The van der Waals surface area contributed by atoms with E-state index >= 15 is 0 Å². The van der Waals surface area contributed by atoms with Crippen molar-refractivity contribution in [3.05, 3.63) is 11.9 Å². The number of hydrogen-bond acceptors (Lipinski definition) is 4. The summed E-state index contributed by atoms with van der Waals surface area (Å²) in [5.41, 5.74) is 0.00204. The van der Waals surface area contributed by atoms with Gasteiger partial charge in [-0.25, -0.2) is 4.79 Å². The fraction of sp³-hybridized carbons (Fsp3) is 0.769. The molecule has 6 heteroatoms. The van der Waals surface area contributed by atoms with Crippen LogP contribution in [0.3, 0.4) is 0 Å². The van der Waals surface area contributed by atoms with E-state index in [2.05, 4.69) is 15.6 Å². The molecule has 1 aromatic rings. The van der Waals surface area contributed by atoms with E-state index in [9.17, 15) is 4.79 Å². The van der Waals surface area contributed by atoms with E-state index in [1.807, 2.05) is 0 Å². The van der Waals surface area contributed by atoms with E-state index in [4.69, 9.17) is 5.11 Å². The van der Waals surface area contributed by atoms with Gasteiger partial charge in [0.25, 0.3) is 0 Å². The van der Waals surface area contributed by atoms with Crippen molar-refractivity contribution in [3.8, 4) is 0 Å². The van der Waals surface area contributed by atoms with Crippen molar-refractivity contribution in [2.45, 2.75) is 45.1 Å². The Kier molecular flexibility index (Phi) is 5.32. The maximum absolute atomic E-state index is 10.6. The molecule has 0 aromatic carbocycles. The third-order valence-electron chi connectivity index (χ3n) is 3.73. The molecular formula is C13H22N4O2. The molecule has 0 amide bonds. The van der Waals surface area contributed by atoms with Gasteiger partial charge in [-0.05, 0) is 18.9 Å². The third kappa shape index (κ3) is 4.63. The molecule has 6 nitrogen and oxygen atoms in total. The molecule has 2 rings (SSSR count). The van der Waals surface area contributed by atoms with Crippen molar-refractivity contribution in [2.75, 3.05) is 13.1 Å². The monoisotopic (exact) mass is 266 g/mol. The fourth-order valence-electron chi connectivity index (χ4n) is 2.61. The summed E-state index contributed by atoms with van der Waals surface area (Å²) in [5, 5.41) is 19.4. The zero-order chi connectivity index (χ0) is 13.5. The number of nitrogens with zero attached hydrogens (tertiary/aromatic N) is 3. The molecule has 2 N–H and O–H groups in total. The van der Waals surface area contributed by atoms with Gasteiger partial charge in [0, 0.05) is 6.54 Å². The van der Waals surface area contributed by atoms with E-state index in [1.54, 1.807) is 4.68 Å². The van der Waals surface area contributed by atoms with Gasteiger partial charge in [-0.1, -0.05) is 37.3 Å². The molecule has 0 radical (unpaired) electrons. The minimum absolute atomic E-state index is 0.00204. The van der Waals surface area contributed by atoms with Crippen molar-refractivity contribution >= 4 is 5.97 Å². The molecule has 0 aliphatic heterocycles. The van der Waals surface area contributed by atoms with Crippen molar-refractivity contribution in [3.63, 3.8) is 0 Å². The highest BCUT2D eigenvalue weighted by molar-refractivity contribution is 5.84. The van der Waals surface area contributed by atoms with E-state index < -0.39 is 5.97 Å². The zero-order valence-corrected chi connectivity index (χ0v) is 11.2. The molecule has 0 saturated heterocycles. The number of nitrogens with one attached hydrogen (secondary N) is 1. The van der Waals surface area contributed by atoms with Crippen LogP contribution in [-0.2, 0) is 6.54 Å². The number of aromatic carboxylic acids is 1.